The van der Waals surface area contributed by atoms with Gasteiger partial charge in [-0.25, -0.2) is 4.98 Å². The molecule has 26 heavy (non-hydrogen) atoms. The van der Waals surface area contributed by atoms with E-state index in [-0.39, 0.29) is 34.4 Å². The van der Waals surface area contributed by atoms with Crippen LogP contribution in [0.1, 0.15) is 37.7 Å². The lowest BCUT2D eigenvalue weighted by Crippen LogP contribution is -2.40. The molecule has 0 spiro atoms. The van der Waals surface area contributed by atoms with Crippen molar-refractivity contribution in [1.29, 1.82) is 0 Å². The Morgan fingerprint density at radius 1 is 1.27 bits per heavy atom. The molecule has 0 saturated heterocycles. The highest BCUT2D eigenvalue weighted by atomic mass is 35.5. The molecule has 0 radical (unpaired) electrons. The Morgan fingerprint density at radius 2 is 1.92 bits per heavy atom. The van der Waals surface area contributed by atoms with Crippen molar-refractivity contribution in [3.8, 4) is 0 Å². The molecule has 2 saturated carbocycles. The van der Waals surface area contributed by atoms with Gasteiger partial charge >= 0.3 is 5.97 Å². The van der Waals surface area contributed by atoms with Crippen molar-refractivity contribution in [1.82, 2.24) is 4.98 Å². The third-order valence-electron chi connectivity index (χ3n) is 5.19. The second kappa shape index (κ2) is 7.92. The first kappa shape index (κ1) is 19.1. The second-order valence-electron chi connectivity index (χ2n) is 6.95. The molecule has 2 bridgehead atoms. The average molecular weight is 399 g/mol. The Labute approximate surface area is 161 Å². The van der Waals surface area contributed by atoms with Crippen molar-refractivity contribution in [3.05, 3.63) is 21.8 Å². The number of fused-ring (bicyclic) bond motifs is 2. The van der Waals surface area contributed by atoms with Gasteiger partial charge in [-0.05, 0) is 38.2 Å². The van der Waals surface area contributed by atoms with E-state index in [0.29, 0.717) is 23.4 Å². The predicted octanol–water partition coefficient (Wildman–Crippen LogP) is 3.57. The number of hydrogen-bond acceptors (Lipinski definition) is 5. The molecular weight excluding hydrogens is 379 g/mol. The van der Waals surface area contributed by atoms with Crippen LogP contribution in [0.2, 0.25) is 10.0 Å². The highest BCUT2D eigenvalue weighted by molar-refractivity contribution is 6.37. The molecule has 1 unspecified atom stereocenters. The van der Waals surface area contributed by atoms with Gasteiger partial charge < -0.3 is 10.1 Å². The van der Waals surface area contributed by atoms with E-state index in [9.17, 15) is 14.4 Å². The van der Waals surface area contributed by atoms with Crippen molar-refractivity contribution in [2.24, 2.45) is 17.8 Å². The normalized spacial score (nSPS) is 24.9. The number of amides is 1. The number of nitrogens with zero attached hydrogens (tertiary/aromatic N) is 1. The van der Waals surface area contributed by atoms with Crippen LogP contribution in [0.15, 0.2) is 6.20 Å². The molecule has 2 aliphatic carbocycles. The number of pyridine rings is 1. The number of Topliss-reactive ketones (excluding diaryl/α,β-unsaturated/α-hetero) is 1. The molecule has 1 aromatic rings. The topological polar surface area (TPSA) is 85.4 Å². The second-order valence-corrected chi connectivity index (χ2v) is 7.73. The van der Waals surface area contributed by atoms with Crippen LogP contribution in [-0.4, -0.2) is 29.3 Å². The SMILES string of the molecule is Cc1c(Cl)cnc(NC(=O)COC(=O)C2C[C@H]3CCC[C@@H](C2)C3=O)c1Cl. The molecule has 2 fully saturated rings. The number of hydrogen-bond donors (Lipinski definition) is 1. The number of esters is 1. The number of rotatable bonds is 4. The molecule has 6 nitrogen and oxygen atoms in total. The molecule has 2 aliphatic rings. The van der Waals surface area contributed by atoms with Crippen molar-refractivity contribution in [2.75, 3.05) is 11.9 Å². The number of carbonyl (C=O) groups excluding carboxylic acids is 3. The number of nitrogens with one attached hydrogen (secondary N) is 1. The van der Waals surface area contributed by atoms with E-state index in [1.807, 2.05) is 0 Å². The maximum atomic E-state index is 12.3. The molecule has 1 heterocycles. The van der Waals surface area contributed by atoms with Gasteiger partial charge in [-0.15, -0.1) is 0 Å². The van der Waals surface area contributed by atoms with Gasteiger partial charge in [0.2, 0.25) is 0 Å². The van der Waals surface area contributed by atoms with E-state index in [2.05, 4.69) is 10.3 Å². The van der Waals surface area contributed by atoms with Crippen LogP contribution < -0.4 is 5.32 Å². The number of anilines is 1. The van der Waals surface area contributed by atoms with Gasteiger partial charge in [0.1, 0.15) is 5.78 Å². The fourth-order valence-electron chi connectivity index (χ4n) is 3.74. The Morgan fingerprint density at radius 3 is 2.58 bits per heavy atom. The van der Waals surface area contributed by atoms with Crippen LogP contribution in [0.5, 0.6) is 0 Å². The van der Waals surface area contributed by atoms with Crippen LogP contribution in [0.25, 0.3) is 0 Å². The van der Waals surface area contributed by atoms with E-state index >= 15 is 0 Å². The highest BCUT2D eigenvalue weighted by Crippen LogP contribution is 2.40. The first-order valence-electron chi connectivity index (χ1n) is 8.67. The summed E-state index contributed by atoms with van der Waals surface area (Å²) in [5.41, 5.74) is 0.606. The van der Waals surface area contributed by atoms with Crippen molar-refractivity contribution in [3.63, 3.8) is 0 Å². The average Bonchev–Trinajstić information content (AvgIpc) is 2.60. The van der Waals surface area contributed by atoms with Crippen molar-refractivity contribution >= 4 is 46.7 Å². The molecular formula is C18H20Cl2N2O4. The Balaban J connectivity index is 1.52. The number of halogens is 2. The van der Waals surface area contributed by atoms with E-state index < -0.39 is 18.5 Å². The summed E-state index contributed by atoms with van der Waals surface area (Å²) in [7, 11) is 0. The Hall–Kier alpha value is -1.66. The fourth-order valence-corrected chi connectivity index (χ4v) is 4.13. The van der Waals surface area contributed by atoms with Crippen LogP contribution in [-0.2, 0) is 19.1 Å². The number of carbonyl (C=O) groups is 3. The minimum absolute atomic E-state index is 0.0334. The van der Waals surface area contributed by atoms with Crippen LogP contribution in [0.4, 0.5) is 5.82 Å². The van der Waals surface area contributed by atoms with E-state index in [0.717, 1.165) is 19.3 Å². The standard InChI is InChI=1S/C18H20Cl2N2O4/c1-9-13(19)7-21-17(15(9)20)22-14(23)8-26-18(25)12-5-10-3-2-4-11(6-12)16(10)24/h7,10-12H,2-6,8H2,1H3,(H,21,22,23)/t10-,11+,12?. The quantitative estimate of drug-likeness (QED) is 0.783. The summed E-state index contributed by atoms with van der Waals surface area (Å²) in [4.78, 5) is 40.4. The van der Waals surface area contributed by atoms with Crippen molar-refractivity contribution in [2.45, 2.75) is 39.0 Å². The van der Waals surface area contributed by atoms with Crippen LogP contribution in [0.3, 0.4) is 0 Å². The molecule has 1 N–H and O–H groups in total. The summed E-state index contributed by atoms with van der Waals surface area (Å²) in [6.45, 7) is 1.29. The van der Waals surface area contributed by atoms with Gasteiger partial charge in [-0.1, -0.05) is 29.6 Å². The summed E-state index contributed by atoms with van der Waals surface area (Å²) >= 11 is 12.0. The summed E-state index contributed by atoms with van der Waals surface area (Å²) in [6, 6.07) is 0. The number of aromatic nitrogens is 1. The zero-order valence-electron chi connectivity index (χ0n) is 14.4. The summed E-state index contributed by atoms with van der Waals surface area (Å²) in [5, 5.41) is 3.16. The van der Waals surface area contributed by atoms with Gasteiger partial charge in [0, 0.05) is 18.0 Å². The smallest absolute Gasteiger partial charge is 0.309 e. The molecule has 140 valence electrons. The lowest BCUT2D eigenvalue weighted by molar-refractivity contribution is -0.155. The summed E-state index contributed by atoms with van der Waals surface area (Å²) in [5.74, 6) is -0.861. The highest BCUT2D eigenvalue weighted by Gasteiger charge is 2.41. The van der Waals surface area contributed by atoms with Gasteiger partial charge in [-0.2, -0.15) is 0 Å². The minimum Gasteiger partial charge on any atom is -0.455 e. The van der Waals surface area contributed by atoms with Crippen molar-refractivity contribution < 1.29 is 19.1 Å². The maximum Gasteiger partial charge on any atom is 0.309 e. The van der Waals surface area contributed by atoms with Gasteiger partial charge in [0.15, 0.2) is 12.4 Å². The summed E-state index contributed by atoms with van der Waals surface area (Å²) in [6.07, 6.45) is 5.18. The van der Waals surface area contributed by atoms with Gasteiger partial charge in [0.05, 0.1) is 16.0 Å². The lowest BCUT2D eigenvalue weighted by Gasteiger charge is -2.36. The van der Waals surface area contributed by atoms with Crippen LogP contribution in [0, 0.1) is 24.7 Å². The summed E-state index contributed by atoms with van der Waals surface area (Å²) < 4.78 is 5.15. The third-order valence-corrected chi connectivity index (χ3v) is 6.03. The number of ketones is 1. The Kier molecular flexibility index (Phi) is 5.82. The van der Waals surface area contributed by atoms with E-state index in [1.165, 1.54) is 6.20 Å². The third kappa shape index (κ3) is 4.01. The molecule has 3 atom stereocenters. The predicted molar refractivity (Wildman–Crippen MR) is 97.1 cm³/mol. The van der Waals surface area contributed by atoms with E-state index in [1.54, 1.807) is 6.92 Å². The van der Waals surface area contributed by atoms with E-state index in [4.69, 9.17) is 27.9 Å². The molecule has 0 aromatic carbocycles. The first-order valence-corrected chi connectivity index (χ1v) is 9.43. The molecule has 0 aliphatic heterocycles. The molecule has 3 rings (SSSR count). The molecule has 1 amide bonds. The molecule has 8 heteroatoms. The zero-order chi connectivity index (χ0) is 18.8. The first-order chi connectivity index (χ1) is 12.4. The van der Waals surface area contributed by atoms with Gasteiger partial charge in [0.25, 0.3) is 5.91 Å². The zero-order valence-corrected chi connectivity index (χ0v) is 15.9. The van der Waals surface area contributed by atoms with Crippen LogP contribution >= 0.6 is 23.2 Å². The Bertz CT molecular complexity index is 737. The lowest BCUT2D eigenvalue weighted by atomic mass is 9.67. The fraction of sp³-hybridized carbons (Fsp3) is 0.556. The number of ether oxygens (including phenoxy) is 1. The minimum atomic E-state index is -0.526. The maximum absolute atomic E-state index is 12.3. The largest absolute Gasteiger partial charge is 0.455 e. The van der Waals surface area contributed by atoms with Gasteiger partial charge in [-0.3, -0.25) is 14.4 Å². The monoisotopic (exact) mass is 398 g/mol. The molecule has 1 aromatic heterocycles.